The molecule has 71 heavy (non-hydrogen) atoms. The van der Waals surface area contributed by atoms with Gasteiger partial charge in [0.05, 0.1) is 6.61 Å². The van der Waals surface area contributed by atoms with Gasteiger partial charge in [0.25, 0.3) is 0 Å². The molecule has 414 valence electrons. The highest BCUT2D eigenvalue weighted by atomic mass is 16.7. The fourth-order valence-corrected chi connectivity index (χ4v) is 8.99. The number of rotatable bonds is 50. The van der Waals surface area contributed by atoms with E-state index in [0.717, 1.165) is 83.5 Å². The summed E-state index contributed by atoms with van der Waals surface area (Å²) in [6.07, 6.45) is 41.5. The molecule has 0 aromatic carbocycles. The SMILES string of the molecule is CCCCC/C=C\C/C=C\CCCCCCCCCC(=O)OCC(COC1OC(C(=O)O)C(O)C(O)C1OC(=O)CCCCCCCCCCCCC)OC(=O)CCCCCCCCCCCCCCC. The second-order valence-electron chi connectivity index (χ2n) is 20.3. The molecule has 0 aromatic heterocycles. The molecule has 1 heterocycles. The van der Waals surface area contributed by atoms with Gasteiger partial charge in [-0.2, -0.15) is 0 Å². The monoisotopic (exact) mass is 1010 g/mol. The van der Waals surface area contributed by atoms with Crippen molar-refractivity contribution >= 4 is 23.9 Å². The minimum atomic E-state index is -1.90. The molecular formula is C59H106O12. The van der Waals surface area contributed by atoms with E-state index in [1.807, 2.05) is 0 Å². The second-order valence-corrected chi connectivity index (χ2v) is 20.3. The highest BCUT2D eigenvalue weighted by Gasteiger charge is 2.50. The fraction of sp³-hybridized carbons (Fsp3) is 0.864. The maximum Gasteiger partial charge on any atom is 0.335 e. The third-order valence-corrected chi connectivity index (χ3v) is 13.5. The Labute approximate surface area is 432 Å². The van der Waals surface area contributed by atoms with Gasteiger partial charge in [-0.1, -0.05) is 231 Å². The average molecular weight is 1010 g/mol. The summed E-state index contributed by atoms with van der Waals surface area (Å²) < 4.78 is 28.4. The zero-order valence-corrected chi connectivity index (χ0v) is 45.5. The third-order valence-electron chi connectivity index (χ3n) is 13.5. The molecule has 12 heteroatoms. The van der Waals surface area contributed by atoms with Gasteiger partial charge < -0.3 is 39.0 Å². The van der Waals surface area contributed by atoms with Crippen LogP contribution >= 0.6 is 0 Å². The van der Waals surface area contributed by atoms with Crippen molar-refractivity contribution in [2.45, 2.75) is 314 Å². The number of esters is 3. The van der Waals surface area contributed by atoms with Gasteiger partial charge in [0.1, 0.15) is 18.8 Å². The number of carbonyl (C=O) groups excluding carboxylic acids is 3. The summed E-state index contributed by atoms with van der Waals surface area (Å²) >= 11 is 0. The van der Waals surface area contributed by atoms with Crippen molar-refractivity contribution in [1.29, 1.82) is 0 Å². The van der Waals surface area contributed by atoms with E-state index >= 15 is 0 Å². The normalized spacial score (nSPS) is 18.6. The molecule has 1 rings (SSSR count). The molecule has 0 aromatic rings. The fourth-order valence-electron chi connectivity index (χ4n) is 8.99. The van der Waals surface area contributed by atoms with Gasteiger partial charge in [0, 0.05) is 19.3 Å². The number of allylic oxidation sites excluding steroid dienone is 4. The van der Waals surface area contributed by atoms with Crippen molar-refractivity contribution < 1.29 is 58.2 Å². The third kappa shape index (κ3) is 38.4. The first-order valence-corrected chi connectivity index (χ1v) is 29.3. The number of carboxylic acid groups (broad SMARTS) is 1. The Bertz CT molecular complexity index is 1340. The summed E-state index contributed by atoms with van der Waals surface area (Å²) in [6.45, 7) is 5.96. The van der Waals surface area contributed by atoms with Crippen molar-refractivity contribution in [1.82, 2.24) is 0 Å². The van der Waals surface area contributed by atoms with E-state index in [2.05, 4.69) is 45.1 Å². The number of hydrogen-bond donors (Lipinski definition) is 3. The van der Waals surface area contributed by atoms with E-state index in [1.54, 1.807) is 0 Å². The van der Waals surface area contributed by atoms with Crippen LogP contribution in [0.4, 0.5) is 0 Å². The molecule has 1 fully saturated rings. The average Bonchev–Trinajstić information content (AvgIpc) is 3.35. The Kier molecular flexibility index (Phi) is 44.9. The van der Waals surface area contributed by atoms with E-state index in [1.165, 1.54) is 135 Å². The van der Waals surface area contributed by atoms with Gasteiger partial charge in [0.15, 0.2) is 24.6 Å². The minimum Gasteiger partial charge on any atom is -0.479 e. The maximum absolute atomic E-state index is 13.1. The molecule has 3 N–H and O–H groups in total. The smallest absolute Gasteiger partial charge is 0.335 e. The number of unbranched alkanes of at least 4 members (excludes halogenated alkanes) is 32. The lowest BCUT2D eigenvalue weighted by molar-refractivity contribution is -0.301. The highest BCUT2D eigenvalue weighted by Crippen LogP contribution is 2.26. The van der Waals surface area contributed by atoms with Crippen molar-refractivity contribution in [3.8, 4) is 0 Å². The van der Waals surface area contributed by atoms with E-state index in [9.17, 15) is 34.5 Å². The molecule has 0 spiro atoms. The van der Waals surface area contributed by atoms with Gasteiger partial charge in [0.2, 0.25) is 0 Å². The van der Waals surface area contributed by atoms with Crippen molar-refractivity contribution in [2.24, 2.45) is 0 Å². The lowest BCUT2D eigenvalue weighted by atomic mass is 9.98. The molecule has 0 aliphatic carbocycles. The van der Waals surface area contributed by atoms with Crippen LogP contribution < -0.4 is 0 Å². The maximum atomic E-state index is 13.1. The van der Waals surface area contributed by atoms with Crippen LogP contribution in [0.3, 0.4) is 0 Å². The van der Waals surface area contributed by atoms with Gasteiger partial charge >= 0.3 is 23.9 Å². The summed E-state index contributed by atoms with van der Waals surface area (Å²) in [7, 11) is 0. The van der Waals surface area contributed by atoms with Gasteiger partial charge in [-0.3, -0.25) is 14.4 Å². The first kappa shape index (κ1) is 66.2. The van der Waals surface area contributed by atoms with Crippen LogP contribution in [-0.4, -0.2) is 89.2 Å². The van der Waals surface area contributed by atoms with Crippen LogP contribution in [0.15, 0.2) is 24.3 Å². The first-order chi connectivity index (χ1) is 34.6. The van der Waals surface area contributed by atoms with E-state index in [4.69, 9.17) is 23.7 Å². The van der Waals surface area contributed by atoms with Crippen LogP contribution in [0.2, 0.25) is 0 Å². The Hall–Kier alpha value is -2.80. The van der Waals surface area contributed by atoms with Gasteiger partial charge in [-0.05, 0) is 51.4 Å². The van der Waals surface area contributed by atoms with Crippen molar-refractivity contribution in [3.63, 3.8) is 0 Å². The van der Waals surface area contributed by atoms with Crippen LogP contribution in [0.25, 0.3) is 0 Å². The van der Waals surface area contributed by atoms with Crippen LogP contribution in [0.5, 0.6) is 0 Å². The number of aliphatic hydroxyl groups is 2. The largest absolute Gasteiger partial charge is 0.479 e. The molecule has 0 bridgehead atoms. The standard InChI is InChI=1S/C59H106O12/c1-4-7-10-13-16-19-22-24-25-26-27-29-31-33-36-39-42-45-51(60)67-48-50(69-52(61)46-43-40-37-35-32-28-23-20-17-14-11-8-5-2)49-68-59-57(55(64)54(63)56(71-59)58(65)66)70-53(62)47-44-41-38-34-30-21-18-15-12-9-6-3/h16,19,24-25,50,54-57,59,63-64H,4-15,17-18,20-23,26-49H2,1-3H3,(H,65,66)/b19-16-,25-24-. The second kappa shape index (κ2) is 48.2. The molecule has 1 aliphatic rings. The first-order valence-electron chi connectivity index (χ1n) is 29.3. The Morgan fingerprint density at radius 3 is 1.30 bits per heavy atom. The van der Waals surface area contributed by atoms with Crippen molar-refractivity contribution in [2.75, 3.05) is 13.2 Å². The zero-order chi connectivity index (χ0) is 51.8. The predicted octanol–water partition coefficient (Wildman–Crippen LogP) is 14.7. The minimum absolute atomic E-state index is 0.0658. The molecule has 6 atom stereocenters. The summed E-state index contributed by atoms with van der Waals surface area (Å²) in [5.41, 5.74) is 0. The number of hydrogen-bond acceptors (Lipinski definition) is 11. The van der Waals surface area contributed by atoms with Crippen LogP contribution in [0, 0.1) is 0 Å². The topological polar surface area (TPSA) is 175 Å². The Morgan fingerprint density at radius 1 is 0.465 bits per heavy atom. The lowest BCUT2D eigenvalue weighted by Crippen LogP contribution is -2.61. The summed E-state index contributed by atoms with van der Waals surface area (Å²) in [5.74, 6) is -3.10. The van der Waals surface area contributed by atoms with E-state index < -0.39 is 67.3 Å². The zero-order valence-electron chi connectivity index (χ0n) is 45.5. The summed E-state index contributed by atoms with van der Waals surface area (Å²) in [6, 6.07) is 0. The van der Waals surface area contributed by atoms with E-state index in [0.29, 0.717) is 19.3 Å². The van der Waals surface area contributed by atoms with Crippen molar-refractivity contribution in [3.05, 3.63) is 24.3 Å². The van der Waals surface area contributed by atoms with Crippen LogP contribution in [-0.2, 0) is 42.9 Å². The molecule has 1 aliphatic heterocycles. The van der Waals surface area contributed by atoms with Gasteiger partial charge in [-0.25, -0.2) is 4.79 Å². The number of carbonyl (C=O) groups is 4. The van der Waals surface area contributed by atoms with Crippen LogP contribution in [0.1, 0.15) is 278 Å². The molecule has 1 saturated heterocycles. The Morgan fingerprint density at radius 2 is 0.845 bits per heavy atom. The van der Waals surface area contributed by atoms with Gasteiger partial charge in [-0.15, -0.1) is 0 Å². The number of carboxylic acids is 1. The number of ether oxygens (including phenoxy) is 5. The van der Waals surface area contributed by atoms with E-state index in [-0.39, 0.29) is 25.9 Å². The molecule has 0 saturated carbocycles. The molecule has 12 nitrogen and oxygen atoms in total. The molecular weight excluding hydrogens is 901 g/mol. The highest BCUT2D eigenvalue weighted by molar-refractivity contribution is 5.74. The molecule has 0 amide bonds. The summed E-state index contributed by atoms with van der Waals surface area (Å²) in [5, 5.41) is 31.4. The Balaban J connectivity index is 2.68. The number of aliphatic carboxylic acids is 1. The predicted molar refractivity (Wildman–Crippen MR) is 285 cm³/mol. The molecule has 6 unspecified atom stereocenters. The quantitative estimate of drug-likeness (QED) is 0.0228. The lowest BCUT2D eigenvalue weighted by Gasteiger charge is -2.40. The number of aliphatic hydroxyl groups excluding tert-OH is 2. The summed E-state index contributed by atoms with van der Waals surface area (Å²) in [4.78, 5) is 51.0. The molecule has 0 radical (unpaired) electrons.